The van der Waals surface area contributed by atoms with Crippen LogP contribution in [0.5, 0.6) is 0 Å². The number of H-pyrrole nitrogens is 1. The Balaban J connectivity index is 1.51. The van der Waals surface area contributed by atoms with Crippen LogP contribution < -0.4 is 10.2 Å². The number of hydrogen-bond acceptors (Lipinski definition) is 8. The van der Waals surface area contributed by atoms with Crippen molar-refractivity contribution in [3.8, 4) is 11.4 Å². The second-order valence-electron chi connectivity index (χ2n) is 9.27. The summed E-state index contributed by atoms with van der Waals surface area (Å²) < 4.78 is 37.2. The molecule has 1 aromatic carbocycles. The van der Waals surface area contributed by atoms with Gasteiger partial charge in [-0.25, -0.2) is 18.7 Å². The molecule has 6 rings (SSSR count). The molecule has 4 heterocycles. The van der Waals surface area contributed by atoms with Gasteiger partial charge in [-0.2, -0.15) is 10.1 Å². The molecular weight excluding hydrogens is 498 g/mol. The first-order chi connectivity index (χ1) is 17.9. The Morgan fingerprint density at radius 3 is 2.70 bits per heavy atom. The molecule has 0 spiro atoms. The molecule has 1 saturated carbocycles. The zero-order chi connectivity index (χ0) is 25.7. The summed E-state index contributed by atoms with van der Waals surface area (Å²) in [5.74, 6) is 1.53. The minimum atomic E-state index is -0.559. The number of hydrogen-bond donors (Lipinski definition) is 2. The number of rotatable bonds is 7. The van der Waals surface area contributed by atoms with Gasteiger partial charge in [-0.05, 0) is 38.0 Å². The Bertz CT molecular complexity index is 1460. The molecule has 0 unspecified atom stereocenters. The van der Waals surface area contributed by atoms with E-state index in [0.29, 0.717) is 42.8 Å². The topological polar surface area (TPSA) is 96.8 Å². The Morgan fingerprint density at radius 2 is 2.00 bits per heavy atom. The van der Waals surface area contributed by atoms with Gasteiger partial charge in [-0.1, -0.05) is 0 Å². The van der Waals surface area contributed by atoms with Crippen molar-refractivity contribution in [2.75, 3.05) is 30.1 Å². The summed E-state index contributed by atoms with van der Waals surface area (Å²) in [6.07, 6.45) is 6.36. The lowest BCUT2D eigenvalue weighted by atomic mass is 10.1. The van der Waals surface area contributed by atoms with E-state index in [-0.39, 0.29) is 22.4 Å². The molecule has 37 heavy (non-hydrogen) atoms. The number of thioether (sulfide) groups is 1. The van der Waals surface area contributed by atoms with Crippen LogP contribution in [0.1, 0.15) is 35.8 Å². The molecule has 2 aliphatic rings. The zero-order valence-corrected chi connectivity index (χ0v) is 21.5. The van der Waals surface area contributed by atoms with Gasteiger partial charge in [-0.15, -0.1) is 11.8 Å². The van der Waals surface area contributed by atoms with Crippen LogP contribution in [0, 0.1) is 18.6 Å². The lowest BCUT2D eigenvalue weighted by Crippen LogP contribution is -2.17. The van der Waals surface area contributed by atoms with Crippen molar-refractivity contribution in [1.29, 1.82) is 0 Å². The van der Waals surface area contributed by atoms with Crippen LogP contribution in [0.15, 0.2) is 29.3 Å². The summed E-state index contributed by atoms with van der Waals surface area (Å²) >= 11 is 1.15. The molecule has 0 saturated heterocycles. The van der Waals surface area contributed by atoms with E-state index in [1.165, 1.54) is 17.0 Å². The van der Waals surface area contributed by atoms with Crippen LogP contribution in [0.25, 0.3) is 11.4 Å². The van der Waals surface area contributed by atoms with Gasteiger partial charge < -0.3 is 19.5 Å². The van der Waals surface area contributed by atoms with E-state index in [9.17, 15) is 4.39 Å². The van der Waals surface area contributed by atoms with Gasteiger partial charge in [0.2, 0.25) is 5.95 Å². The van der Waals surface area contributed by atoms with E-state index in [4.69, 9.17) is 19.7 Å². The standard InChI is InChI=1S/C25H26F2N8OS/c1-13-8-20(33-32-13)29-24-22(14-4-5-14)23(17-11-35-12-36-7-6-21(35)28-17)30-25(31-24)34(2)18-9-16(27)19(37-3)10-15(18)26/h8-11,14H,4-7,12H2,1-3H3,(H2,29,30,31,32,33). The van der Waals surface area contributed by atoms with Crippen molar-refractivity contribution in [3.63, 3.8) is 0 Å². The van der Waals surface area contributed by atoms with Gasteiger partial charge in [-0.3, -0.25) is 5.10 Å². The Kier molecular flexibility index (Phi) is 6.07. The number of aromatic amines is 1. The van der Waals surface area contributed by atoms with Crippen LogP contribution in [0.4, 0.5) is 32.1 Å². The van der Waals surface area contributed by atoms with E-state index in [2.05, 4.69) is 15.5 Å². The third-order valence-corrected chi connectivity index (χ3v) is 7.31. The monoisotopic (exact) mass is 524 g/mol. The molecule has 1 aliphatic carbocycles. The van der Waals surface area contributed by atoms with Gasteiger partial charge in [0.05, 0.1) is 12.3 Å². The number of aromatic nitrogens is 6. The molecule has 12 heteroatoms. The summed E-state index contributed by atoms with van der Waals surface area (Å²) in [5.41, 5.74) is 3.25. The van der Waals surface area contributed by atoms with Crippen LogP contribution in [0.3, 0.4) is 0 Å². The Hall–Kier alpha value is -3.51. The number of ether oxygens (including phenoxy) is 1. The minimum absolute atomic E-state index is 0.0412. The molecule has 0 atom stereocenters. The van der Waals surface area contributed by atoms with Crippen molar-refractivity contribution >= 4 is 35.0 Å². The lowest BCUT2D eigenvalue weighted by molar-refractivity contribution is 0.0558. The first kappa shape index (κ1) is 23.9. The maximum absolute atomic E-state index is 15.1. The van der Waals surface area contributed by atoms with Crippen LogP contribution >= 0.6 is 11.8 Å². The SMILES string of the molecule is CSc1cc(F)c(N(C)c2nc(Nc3cc(C)[nH]n3)c(C3CC3)c(-c3cn4c(n3)CCOC4)n2)cc1F. The summed E-state index contributed by atoms with van der Waals surface area (Å²) in [4.78, 5) is 16.2. The zero-order valence-electron chi connectivity index (χ0n) is 20.7. The van der Waals surface area contributed by atoms with Gasteiger partial charge in [0.1, 0.15) is 41.4 Å². The quantitative estimate of drug-likeness (QED) is 0.315. The predicted octanol–water partition coefficient (Wildman–Crippen LogP) is 5.29. The first-order valence-electron chi connectivity index (χ1n) is 12.0. The van der Waals surface area contributed by atoms with Crippen molar-refractivity contribution < 1.29 is 13.5 Å². The molecule has 0 bridgehead atoms. The molecule has 0 radical (unpaired) electrons. The Morgan fingerprint density at radius 1 is 1.16 bits per heavy atom. The molecular formula is C25H26F2N8OS. The number of aryl methyl sites for hydroxylation is 1. The summed E-state index contributed by atoms with van der Waals surface area (Å²) in [7, 11) is 1.63. The van der Waals surface area contributed by atoms with Crippen LogP contribution in [0.2, 0.25) is 0 Å². The fourth-order valence-corrected chi connectivity index (χ4v) is 4.98. The molecule has 9 nitrogen and oxygen atoms in total. The lowest BCUT2D eigenvalue weighted by Gasteiger charge is -2.22. The average molecular weight is 525 g/mol. The molecule has 1 aliphatic heterocycles. The number of nitrogens with one attached hydrogen (secondary N) is 2. The smallest absolute Gasteiger partial charge is 0.232 e. The number of benzene rings is 1. The second-order valence-corrected chi connectivity index (χ2v) is 10.1. The molecule has 3 aromatic heterocycles. The number of fused-ring (bicyclic) bond motifs is 1. The average Bonchev–Trinajstić information content (AvgIpc) is 3.50. The molecule has 1 fully saturated rings. The molecule has 4 aromatic rings. The fraction of sp³-hybridized carbons (Fsp3) is 0.360. The maximum Gasteiger partial charge on any atom is 0.232 e. The highest BCUT2D eigenvalue weighted by molar-refractivity contribution is 7.98. The van der Waals surface area contributed by atoms with Crippen molar-refractivity contribution in [2.24, 2.45) is 0 Å². The third kappa shape index (κ3) is 4.55. The van der Waals surface area contributed by atoms with E-state index in [1.54, 1.807) is 13.3 Å². The van der Waals surface area contributed by atoms with Crippen molar-refractivity contribution in [1.82, 2.24) is 29.7 Å². The van der Waals surface area contributed by atoms with E-state index in [1.807, 2.05) is 23.8 Å². The molecule has 0 amide bonds. The van der Waals surface area contributed by atoms with E-state index < -0.39 is 11.6 Å². The summed E-state index contributed by atoms with van der Waals surface area (Å²) in [6, 6.07) is 4.25. The number of nitrogens with zero attached hydrogens (tertiary/aromatic N) is 6. The Labute approximate surface area is 216 Å². The van der Waals surface area contributed by atoms with E-state index in [0.717, 1.165) is 41.7 Å². The van der Waals surface area contributed by atoms with Crippen molar-refractivity contribution in [2.45, 2.75) is 43.7 Å². The first-order valence-corrected chi connectivity index (χ1v) is 13.3. The second kappa shape index (κ2) is 9.42. The largest absolute Gasteiger partial charge is 0.360 e. The fourth-order valence-electron chi connectivity index (χ4n) is 4.51. The molecule has 192 valence electrons. The summed E-state index contributed by atoms with van der Waals surface area (Å²) in [5, 5.41) is 10.6. The number of imidazole rings is 1. The minimum Gasteiger partial charge on any atom is -0.360 e. The summed E-state index contributed by atoms with van der Waals surface area (Å²) in [6.45, 7) is 2.96. The van der Waals surface area contributed by atoms with Crippen LogP contribution in [-0.2, 0) is 17.9 Å². The van der Waals surface area contributed by atoms with Gasteiger partial charge >= 0.3 is 0 Å². The predicted molar refractivity (Wildman–Crippen MR) is 138 cm³/mol. The van der Waals surface area contributed by atoms with Gasteiger partial charge in [0, 0.05) is 48.0 Å². The number of anilines is 4. The van der Waals surface area contributed by atoms with Crippen LogP contribution in [-0.4, -0.2) is 49.6 Å². The third-order valence-electron chi connectivity index (χ3n) is 6.56. The maximum atomic E-state index is 15.1. The highest BCUT2D eigenvalue weighted by atomic mass is 32.2. The highest BCUT2D eigenvalue weighted by Crippen LogP contribution is 2.48. The van der Waals surface area contributed by atoms with Gasteiger partial charge in [0.25, 0.3) is 0 Å². The highest BCUT2D eigenvalue weighted by Gasteiger charge is 2.34. The van der Waals surface area contributed by atoms with E-state index >= 15 is 4.39 Å². The normalized spacial score (nSPS) is 15.1. The van der Waals surface area contributed by atoms with Gasteiger partial charge in [0.15, 0.2) is 5.82 Å². The van der Waals surface area contributed by atoms with Crippen molar-refractivity contribution in [3.05, 3.63) is 53.1 Å². The number of halogens is 2. The molecule has 2 N–H and O–H groups in total.